The third-order valence-corrected chi connectivity index (χ3v) is 5.25. The molecule has 0 aliphatic heterocycles. The van der Waals surface area contributed by atoms with Crippen LogP contribution in [-0.2, 0) is 12.8 Å². The van der Waals surface area contributed by atoms with Crippen LogP contribution in [0, 0.1) is 0 Å². The summed E-state index contributed by atoms with van der Waals surface area (Å²) in [7, 11) is 0. The van der Waals surface area contributed by atoms with E-state index in [-0.39, 0.29) is 0 Å². The second-order valence-corrected chi connectivity index (χ2v) is 8.21. The lowest BCUT2D eigenvalue weighted by Crippen LogP contribution is -2.33. The Balaban J connectivity index is 1.31. The number of benzene rings is 3. The number of nitrogens with zero attached hydrogens (tertiary/aromatic N) is 2. The maximum absolute atomic E-state index is 5.25. The van der Waals surface area contributed by atoms with Crippen LogP contribution >= 0.6 is 24.4 Å². The minimum atomic E-state index is 0.496. The molecule has 0 amide bonds. The summed E-state index contributed by atoms with van der Waals surface area (Å²) in [6.07, 6.45) is 5.24. The first-order valence-corrected chi connectivity index (χ1v) is 11.8. The summed E-state index contributed by atoms with van der Waals surface area (Å²) >= 11 is 10.5. The van der Waals surface area contributed by atoms with Gasteiger partial charge in [-0.1, -0.05) is 84.9 Å². The molecule has 6 nitrogen and oxygen atoms in total. The van der Waals surface area contributed by atoms with E-state index in [2.05, 4.69) is 56.0 Å². The smallest absolute Gasteiger partial charge is 0.186 e. The number of thiocarbonyl (C=S) groups is 2. The molecule has 4 N–H and O–H groups in total. The lowest BCUT2D eigenvalue weighted by molar-refractivity contribution is 0.838. The molecule has 174 valence electrons. The molecule has 0 spiro atoms. The van der Waals surface area contributed by atoms with Gasteiger partial charge >= 0.3 is 0 Å². The molecule has 0 bridgehead atoms. The summed E-state index contributed by atoms with van der Waals surface area (Å²) in [6, 6.07) is 28.3. The van der Waals surface area contributed by atoms with E-state index in [9.17, 15) is 0 Å². The highest BCUT2D eigenvalue weighted by Gasteiger charge is 1.96. The fraction of sp³-hybridized carbons (Fsp3) is 0.154. The molecule has 34 heavy (non-hydrogen) atoms. The molecular formula is C26H28N6S2. The van der Waals surface area contributed by atoms with Crippen molar-refractivity contribution in [2.24, 2.45) is 10.2 Å². The Morgan fingerprint density at radius 1 is 0.588 bits per heavy atom. The van der Waals surface area contributed by atoms with Crippen molar-refractivity contribution in [3.8, 4) is 0 Å². The molecule has 0 heterocycles. The van der Waals surface area contributed by atoms with Gasteiger partial charge in [0.05, 0.1) is 12.4 Å². The molecule has 0 atom stereocenters. The fourth-order valence-corrected chi connectivity index (χ4v) is 3.32. The Morgan fingerprint density at radius 3 is 1.35 bits per heavy atom. The van der Waals surface area contributed by atoms with Gasteiger partial charge in [0, 0.05) is 13.1 Å². The molecule has 0 aliphatic rings. The standard InChI is InChI=1S/C26H28N6S2/c33-25(27-17-15-21-7-3-1-4-8-21)31-29-19-23-11-13-24(14-12-23)20-30-32-26(34)28-18-16-22-9-5-2-6-10-22/h1-14,19-20H,15-18H2,(H2,27,31,33)(H2,28,32,34). The lowest BCUT2D eigenvalue weighted by Gasteiger charge is -2.07. The molecule has 0 unspecified atom stereocenters. The van der Waals surface area contributed by atoms with E-state index in [0.29, 0.717) is 10.2 Å². The molecule has 0 saturated carbocycles. The van der Waals surface area contributed by atoms with Crippen molar-refractivity contribution < 1.29 is 0 Å². The van der Waals surface area contributed by atoms with Gasteiger partial charge < -0.3 is 10.6 Å². The second kappa shape index (κ2) is 14.5. The normalized spacial score (nSPS) is 10.8. The number of hydrogen-bond donors (Lipinski definition) is 4. The molecule has 3 rings (SSSR count). The van der Waals surface area contributed by atoms with Crippen molar-refractivity contribution in [2.45, 2.75) is 12.8 Å². The van der Waals surface area contributed by atoms with Crippen LogP contribution in [0.4, 0.5) is 0 Å². The Labute approximate surface area is 211 Å². The van der Waals surface area contributed by atoms with E-state index in [1.54, 1.807) is 12.4 Å². The summed E-state index contributed by atoms with van der Waals surface area (Å²) < 4.78 is 0. The third kappa shape index (κ3) is 9.89. The van der Waals surface area contributed by atoms with Crippen LogP contribution in [0.2, 0.25) is 0 Å². The number of rotatable bonds is 10. The molecule has 0 fully saturated rings. The van der Waals surface area contributed by atoms with Crippen LogP contribution in [0.15, 0.2) is 95.1 Å². The van der Waals surface area contributed by atoms with Gasteiger partial charge in [0.15, 0.2) is 10.2 Å². The maximum Gasteiger partial charge on any atom is 0.186 e. The van der Waals surface area contributed by atoms with Gasteiger partial charge in [-0.2, -0.15) is 10.2 Å². The molecule has 0 aliphatic carbocycles. The van der Waals surface area contributed by atoms with Crippen LogP contribution in [0.25, 0.3) is 0 Å². The van der Waals surface area contributed by atoms with Crippen molar-refractivity contribution in [2.75, 3.05) is 13.1 Å². The van der Waals surface area contributed by atoms with E-state index in [0.717, 1.165) is 37.1 Å². The van der Waals surface area contributed by atoms with Crippen LogP contribution in [-0.4, -0.2) is 35.7 Å². The highest BCUT2D eigenvalue weighted by Crippen LogP contribution is 2.01. The largest absolute Gasteiger partial charge is 0.361 e. The Bertz CT molecular complexity index is 995. The van der Waals surface area contributed by atoms with Gasteiger partial charge in [0.25, 0.3) is 0 Å². The van der Waals surface area contributed by atoms with E-state index in [1.807, 2.05) is 60.7 Å². The lowest BCUT2D eigenvalue weighted by atomic mass is 10.1. The molecule has 8 heteroatoms. The molecule has 0 radical (unpaired) electrons. The summed E-state index contributed by atoms with van der Waals surface area (Å²) in [5.74, 6) is 0. The van der Waals surface area contributed by atoms with Crippen molar-refractivity contribution in [1.82, 2.24) is 21.5 Å². The van der Waals surface area contributed by atoms with Crippen LogP contribution in [0.1, 0.15) is 22.3 Å². The predicted octanol–water partition coefficient (Wildman–Crippen LogP) is 3.77. The average molecular weight is 489 g/mol. The van der Waals surface area contributed by atoms with Crippen molar-refractivity contribution in [3.63, 3.8) is 0 Å². The molecule has 0 aromatic heterocycles. The van der Waals surface area contributed by atoms with Crippen LogP contribution in [0.3, 0.4) is 0 Å². The molecule has 3 aromatic rings. The Morgan fingerprint density at radius 2 is 0.971 bits per heavy atom. The maximum atomic E-state index is 5.25. The highest BCUT2D eigenvalue weighted by molar-refractivity contribution is 7.80. The van der Waals surface area contributed by atoms with E-state index in [1.165, 1.54) is 11.1 Å². The van der Waals surface area contributed by atoms with Crippen molar-refractivity contribution in [1.29, 1.82) is 0 Å². The summed E-state index contributed by atoms with van der Waals surface area (Å²) in [4.78, 5) is 0. The van der Waals surface area contributed by atoms with E-state index in [4.69, 9.17) is 24.4 Å². The molecule has 3 aromatic carbocycles. The minimum Gasteiger partial charge on any atom is -0.361 e. The highest BCUT2D eigenvalue weighted by atomic mass is 32.1. The zero-order valence-corrected chi connectivity index (χ0v) is 20.4. The SMILES string of the molecule is S=C(NCCc1ccccc1)NN=Cc1ccc(C=NNC(=S)NCCc2ccccc2)cc1. The first-order chi connectivity index (χ1) is 16.7. The molecular weight excluding hydrogens is 460 g/mol. The van der Waals surface area contributed by atoms with Crippen LogP contribution in [0.5, 0.6) is 0 Å². The van der Waals surface area contributed by atoms with Crippen LogP contribution < -0.4 is 21.5 Å². The topological polar surface area (TPSA) is 72.8 Å². The number of hydrazone groups is 2. The number of hydrogen-bond acceptors (Lipinski definition) is 4. The zero-order valence-electron chi connectivity index (χ0n) is 18.8. The third-order valence-electron chi connectivity index (χ3n) is 4.78. The van der Waals surface area contributed by atoms with Gasteiger partial charge in [-0.15, -0.1) is 0 Å². The predicted molar refractivity (Wildman–Crippen MR) is 149 cm³/mol. The first kappa shape index (κ1) is 25.0. The minimum absolute atomic E-state index is 0.496. The van der Waals surface area contributed by atoms with Gasteiger partial charge in [0.2, 0.25) is 0 Å². The van der Waals surface area contributed by atoms with Gasteiger partial charge in [-0.3, -0.25) is 10.9 Å². The second-order valence-electron chi connectivity index (χ2n) is 7.39. The van der Waals surface area contributed by atoms with Gasteiger partial charge in [0.1, 0.15) is 0 Å². The summed E-state index contributed by atoms with van der Waals surface area (Å²) in [5.41, 5.74) is 10.1. The number of nitrogens with one attached hydrogen (secondary N) is 4. The monoisotopic (exact) mass is 488 g/mol. The van der Waals surface area contributed by atoms with E-state index < -0.39 is 0 Å². The first-order valence-electron chi connectivity index (χ1n) is 11.0. The van der Waals surface area contributed by atoms with Gasteiger partial charge in [-0.25, -0.2) is 0 Å². The molecule has 0 saturated heterocycles. The quantitative estimate of drug-likeness (QED) is 0.198. The summed E-state index contributed by atoms with van der Waals surface area (Å²) in [5, 5.41) is 15.6. The van der Waals surface area contributed by atoms with Gasteiger partial charge in [-0.05, 0) is 59.5 Å². The summed E-state index contributed by atoms with van der Waals surface area (Å²) in [6.45, 7) is 1.50. The fourth-order valence-electron chi connectivity index (χ4n) is 3.01. The van der Waals surface area contributed by atoms with Crippen molar-refractivity contribution in [3.05, 3.63) is 107 Å². The Kier molecular flexibility index (Phi) is 10.7. The Hall–Kier alpha value is -3.62. The average Bonchev–Trinajstić information content (AvgIpc) is 2.86. The van der Waals surface area contributed by atoms with E-state index >= 15 is 0 Å². The zero-order chi connectivity index (χ0) is 23.8. The van der Waals surface area contributed by atoms with Crippen molar-refractivity contribution >= 4 is 47.1 Å².